The molecule has 0 aliphatic rings. The third kappa shape index (κ3) is 5.80. The molecule has 0 heterocycles. The Labute approximate surface area is 149 Å². The summed E-state index contributed by atoms with van der Waals surface area (Å²) in [4.78, 5) is 12.2. The van der Waals surface area contributed by atoms with Crippen molar-refractivity contribution in [1.82, 2.24) is 10.6 Å². The number of carbonyl (C=O) groups excluding carboxylic acids is 1. The van der Waals surface area contributed by atoms with Gasteiger partial charge in [0, 0.05) is 12.1 Å². The quantitative estimate of drug-likeness (QED) is 0.723. The van der Waals surface area contributed by atoms with Gasteiger partial charge < -0.3 is 20.5 Å². The minimum Gasteiger partial charge on any atom is -0.491 e. The van der Waals surface area contributed by atoms with Crippen LogP contribution in [0.5, 0.6) is 5.75 Å². The largest absolute Gasteiger partial charge is 0.491 e. The number of aliphatic hydroxyl groups excluding tert-OH is 1. The third-order valence-corrected chi connectivity index (χ3v) is 3.71. The fraction of sp³-hybridized carbons (Fsp3) is 0.350. The Morgan fingerprint density at radius 3 is 2.52 bits per heavy atom. The first-order chi connectivity index (χ1) is 12.0. The number of ether oxygens (including phenoxy) is 1. The molecule has 0 bridgehead atoms. The van der Waals surface area contributed by atoms with Gasteiger partial charge in [-0.25, -0.2) is 4.79 Å². The molecule has 2 rings (SSSR count). The maximum Gasteiger partial charge on any atom is 0.315 e. The second-order valence-electron chi connectivity index (χ2n) is 6.25. The first-order valence-electron chi connectivity index (χ1n) is 8.46. The summed E-state index contributed by atoms with van der Waals surface area (Å²) in [6.07, 6.45) is 0.0613. The second kappa shape index (κ2) is 9.08. The van der Waals surface area contributed by atoms with Crippen molar-refractivity contribution in [2.24, 2.45) is 0 Å². The SMILES string of the molecule is Cc1ccc(CNC(=O)NC(CO)c2ccccc2)c(OC(C)C)c1. The number of aliphatic hydroxyl groups is 1. The molecule has 3 N–H and O–H groups in total. The molecular weight excluding hydrogens is 316 g/mol. The standard InChI is InChI=1S/C20H26N2O3/c1-14(2)25-19-11-15(3)9-10-17(19)12-21-20(24)22-18(13-23)16-7-5-4-6-8-16/h4-11,14,18,23H,12-13H2,1-3H3,(H2,21,22,24). The van der Waals surface area contributed by atoms with Gasteiger partial charge in [-0.3, -0.25) is 0 Å². The van der Waals surface area contributed by atoms with Gasteiger partial charge in [-0.05, 0) is 38.0 Å². The van der Waals surface area contributed by atoms with Crippen molar-refractivity contribution in [3.8, 4) is 5.75 Å². The van der Waals surface area contributed by atoms with Crippen LogP contribution in [0, 0.1) is 6.92 Å². The Kier molecular flexibility index (Phi) is 6.83. The third-order valence-electron chi connectivity index (χ3n) is 3.71. The van der Waals surface area contributed by atoms with E-state index in [-0.39, 0.29) is 18.7 Å². The first kappa shape index (κ1) is 18.8. The normalized spacial score (nSPS) is 11.9. The van der Waals surface area contributed by atoms with Crippen LogP contribution in [0.4, 0.5) is 4.79 Å². The van der Waals surface area contributed by atoms with Crippen LogP contribution in [0.25, 0.3) is 0 Å². The average Bonchev–Trinajstić information content (AvgIpc) is 2.59. The summed E-state index contributed by atoms with van der Waals surface area (Å²) in [5.74, 6) is 0.775. The molecule has 2 aromatic rings. The highest BCUT2D eigenvalue weighted by Crippen LogP contribution is 2.21. The minimum absolute atomic E-state index is 0.0613. The lowest BCUT2D eigenvalue weighted by Crippen LogP contribution is -2.39. The van der Waals surface area contributed by atoms with Crippen LogP contribution in [0.3, 0.4) is 0 Å². The molecule has 25 heavy (non-hydrogen) atoms. The molecule has 0 radical (unpaired) electrons. The van der Waals surface area contributed by atoms with Crippen LogP contribution in [-0.4, -0.2) is 23.8 Å². The number of benzene rings is 2. The number of aryl methyl sites for hydroxylation is 1. The van der Waals surface area contributed by atoms with Crippen molar-refractivity contribution in [1.29, 1.82) is 0 Å². The van der Waals surface area contributed by atoms with E-state index in [0.29, 0.717) is 6.54 Å². The lowest BCUT2D eigenvalue weighted by molar-refractivity contribution is 0.216. The predicted molar refractivity (Wildman–Crippen MR) is 98.6 cm³/mol. The van der Waals surface area contributed by atoms with E-state index in [4.69, 9.17) is 4.74 Å². The summed E-state index contributed by atoms with van der Waals surface area (Å²) in [6, 6.07) is 14.5. The van der Waals surface area contributed by atoms with Crippen LogP contribution in [0.15, 0.2) is 48.5 Å². The number of rotatable bonds is 7. The smallest absolute Gasteiger partial charge is 0.315 e. The molecule has 0 aromatic heterocycles. The van der Waals surface area contributed by atoms with Crippen molar-refractivity contribution in [3.63, 3.8) is 0 Å². The van der Waals surface area contributed by atoms with E-state index in [2.05, 4.69) is 10.6 Å². The Morgan fingerprint density at radius 1 is 1.16 bits per heavy atom. The summed E-state index contributed by atoms with van der Waals surface area (Å²) in [7, 11) is 0. The van der Waals surface area contributed by atoms with Gasteiger partial charge in [-0.2, -0.15) is 0 Å². The molecule has 0 saturated carbocycles. The lowest BCUT2D eigenvalue weighted by atomic mass is 10.1. The average molecular weight is 342 g/mol. The van der Waals surface area contributed by atoms with Gasteiger partial charge in [0.2, 0.25) is 0 Å². The summed E-state index contributed by atoms with van der Waals surface area (Å²) in [5, 5.41) is 15.1. The van der Waals surface area contributed by atoms with Crippen LogP contribution < -0.4 is 15.4 Å². The van der Waals surface area contributed by atoms with Crippen LogP contribution >= 0.6 is 0 Å². The summed E-state index contributed by atoms with van der Waals surface area (Å²) >= 11 is 0. The molecule has 0 aliphatic carbocycles. The van der Waals surface area contributed by atoms with Crippen molar-refractivity contribution in [2.45, 2.75) is 39.5 Å². The number of carbonyl (C=O) groups is 1. The zero-order valence-electron chi connectivity index (χ0n) is 15.0. The summed E-state index contributed by atoms with van der Waals surface area (Å²) in [6.45, 7) is 6.13. The van der Waals surface area contributed by atoms with E-state index >= 15 is 0 Å². The monoisotopic (exact) mass is 342 g/mol. The van der Waals surface area contributed by atoms with Crippen molar-refractivity contribution in [3.05, 3.63) is 65.2 Å². The van der Waals surface area contributed by atoms with Gasteiger partial charge in [0.1, 0.15) is 5.75 Å². The summed E-state index contributed by atoms with van der Waals surface area (Å²) < 4.78 is 5.82. The minimum atomic E-state index is -0.439. The van der Waals surface area contributed by atoms with Crippen LogP contribution in [-0.2, 0) is 6.54 Å². The Morgan fingerprint density at radius 2 is 1.88 bits per heavy atom. The van der Waals surface area contributed by atoms with Gasteiger partial charge in [0.05, 0.1) is 18.8 Å². The predicted octanol–water partition coefficient (Wildman–Crippen LogP) is 3.32. The Bertz CT molecular complexity index is 687. The number of hydrogen-bond acceptors (Lipinski definition) is 3. The molecule has 0 spiro atoms. The van der Waals surface area contributed by atoms with Gasteiger partial charge in [0.15, 0.2) is 0 Å². The molecule has 0 aliphatic heterocycles. The molecule has 1 atom stereocenters. The highest BCUT2D eigenvalue weighted by atomic mass is 16.5. The number of amides is 2. The molecule has 0 fully saturated rings. The van der Waals surface area contributed by atoms with Crippen molar-refractivity contribution in [2.75, 3.05) is 6.61 Å². The van der Waals surface area contributed by atoms with E-state index < -0.39 is 6.04 Å². The van der Waals surface area contributed by atoms with Crippen molar-refractivity contribution >= 4 is 6.03 Å². The highest BCUT2D eigenvalue weighted by Gasteiger charge is 2.14. The van der Waals surface area contributed by atoms with Gasteiger partial charge >= 0.3 is 6.03 Å². The fourth-order valence-electron chi connectivity index (χ4n) is 2.48. The number of hydrogen-bond donors (Lipinski definition) is 3. The maximum atomic E-state index is 12.2. The molecule has 2 aromatic carbocycles. The van der Waals surface area contributed by atoms with E-state index in [1.807, 2.05) is 69.3 Å². The van der Waals surface area contributed by atoms with Gasteiger partial charge in [-0.15, -0.1) is 0 Å². The Balaban J connectivity index is 1.97. The molecule has 0 saturated heterocycles. The molecule has 134 valence electrons. The molecule has 5 nitrogen and oxygen atoms in total. The van der Waals surface area contributed by atoms with Gasteiger partial charge in [0.25, 0.3) is 0 Å². The van der Waals surface area contributed by atoms with Crippen LogP contribution in [0.2, 0.25) is 0 Å². The molecular formula is C20H26N2O3. The van der Waals surface area contributed by atoms with E-state index in [0.717, 1.165) is 22.4 Å². The number of urea groups is 1. The Hall–Kier alpha value is -2.53. The fourth-order valence-corrected chi connectivity index (χ4v) is 2.48. The van der Waals surface area contributed by atoms with E-state index in [1.54, 1.807) is 0 Å². The summed E-state index contributed by atoms with van der Waals surface area (Å²) in [5.41, 5.74) is 2.88. The second-order valence-corrected chi connectivity index (χ2v) is 6.25. The molecule has 5 heteroatoms. The zero-order chi connectivity index (χ0) is 18.2. The zero-order valence-corrected chi connectivity index (χ0v) is 15.0. The van der Waals surface area contributed by atoms with E-state index in [1.165, 1.54) is 0 Å². The first-order valence-corrected chi connectivity index (χ1v) is 8.46. The highest BCUT2D eigenvalue weighted by molar-refractivity contribution is 5.74. The maximum absolute atomic E-state index is 12.2. The number of nitrogens with one attached hydrogen (secondary N) is 2. The van der Waals surface area contributed by atoms with Gasteiger partial charge in [-0.1, -0.05) is 42.5 Å². The van der Waals surface area contributed by atoms with Crippen molar-refractivity contribution < 1.29 is 14.6 Å². The molecule has 2 amide bonds. The van der Waals surface area contributed by atoms with E-state index in [9.17, 15) is 9.90 Å². The lowest BCUT2D eigenvalue weighted by Gasteiger charge is -2.18. The molecule has 1 unspecified atom stereocenters. The van der Waals surface area contributed by atoms with Crippen LogP contribution in [0.1, 0.15) is 36.6 Å². The topological polar surface area (TPSA) is 70.6 Å².